The van der Waals surface area contributed by atoms with Crippen LogP contribution < -0.4 is 5.73 Å². The van der Waals surface area contributed by atoms with Crippen molar-refractivity contribution in [3.05, 3.63) is 34.1 Å². The van der Waals surface area contributed by atoms with Crippen molar-refractivity contribution >= 4 is 11.4 Å². The zero-order valence-corrected chi connectivity index (χ0v) is 11.1. The Balaban J connectivity index is 2.35. The number of nitrogens with zero attached hydrogens (tertiary/aromatic N) is 3. The van der Waals surface area contributed by atoms with Crippen LogP contribution in [0.15, 0.2) is 22.7 Å². The van der Waals surface area contributed by atoms with Crippen molar-refractivity contribution in [3.63, 3.8) is 0 Å². The van der Waals surface area contributed by atoms with Crippen LogP contribution in [0, 0.1) is 10.1 Å². The Morgan fingerprint density at radius 3 is 2.85 bits per heavy atom. The Bertz CT molecular complexity index is 622. The lowest BCUT2D eigenvalue weighted by Crippen LogP contribution is -2.01. The molecule has 2 N–H and O–H groups in total. The average molecular weight is 278 g/mol. The molecule has 1 heterocycles. The monoisotopic (exact) mass is 278 g/mol. The van der Waals surface area contributed by atoms with E-state index in [0.29, 0.717) is 17.8 Å². The number of nitro benzene ring substituents is 1. The van der Waals surface area contributed by atoms with Crippen LogP contribution in [0.4, 0.5) is 11.4 Å². The molecule has 0 aliphatic rings. The van der Waals surface area contributed by atoms with E-state index >= 15 is 0 Å². The molecule has 8 nitrogen and oxygen atoms in total. The molecule has 1 atom stereocenters. The van der Waals surface area contributed by atoms with Gasteiger partial charge >= 0.3 is 0 Å². The number of nitrogen functional groups attached to an aromatic ring is 1. The molecule has 20 heavy (non-hydrogen) atoms. The van der Waals surface area contributed by atoms with Crippen molar-refractivity contribution < 1.29 is 14.2 Å². The van der Waals surface area contributed by atoms with Gasteiger partial charge in [0, 0.05) is 19.2 Å². The number of rotatable bonds is 5. The summed E-state index contributed by atoms with van der Waals surface area (Å²) >= 11 is 0. The smallest absolute Gasteiger partial charge is 0.271 e. The normalized spacial score (nSPS) is 12.3. The van der Waals surface area contributed by atoms with Gasteiger partial charge in [-0.25, -0.2) is 0 Å². The number of benzene rings is 1. The number of nitrogens with two attached hydrogens (primary N) is 1. The molecule has 1 aromatic heterocycles. The van der Waals surface area contributed by atoms with Crippen LogP contribution >= 0.6 is 0 Å². The number of non-ortho nitro benzene ring substituents is 1. The van der Waals surface area contributed by atoms with Gasteiger partial charge in [0.15, 0.2) is 0 Å². The molecule has 0 saturated heterocycles. The van der Waals surface area contributed by atoms with Crippen molar-refractivity contribution in [1.29, 1.82) is 0 Å². The fraction of sp³-hybridized carbons (Fsp3) is 0.333. The van der Waals surface area contributed by atoms with Crippen molar-refractivity contribution in [3.8, 4) is 11.5 Å². The number of ether oxygens (including phenoxy) is 1. The highest BCUT2D eigenvalue weighted by molar-refractivity contribution is 5.72. The van der Waals surface area contributed by atoms with Gasteiger partial charge in [-0.1, -0.05) is 12.1 Å². The molecule has 0 aliphatic heterocycles. The first-order valence-electron chi connectivity index (χ1n) is 5.97. The second kappa shape index (κ2) is 5.66. The summed E-state index contributed by atoms with van der Waals surface area (Å²) in [6, 6.07) is 4.08. The van der Waals surface area contributed by atoms with Crippen LogP contribution in [0.5, 0.6) is 0 Å². The third kappa shape index (κ3) is 2.59. The van der Waals surface area contributed by atoms with Gasteiger partial charge in [-0.15, -0.1) is 0 Å². The van der Waals surface area contributed by atoms with E-state index in [1.54, 1.807) is 7.11 Å². The first-order valence-corrected chi connectivity index (χ1v) is 5.97. The van der Waals surface area contributed by atoms with Gasteiger partial charge in [-0.3, -0.25) is 10.1 Å². The topological polar surface area (TPSA) is 117 Å². The van der Waals surface area contributed by atoms with Crippen LogP contribution in [-0.4, -0.2) is 22.2 Å². The Morgan fingerprint density at radius 2 is 2.30 bits per heavy atom. The summed E-state index contributed by atoms with van der Waals surface area (Å²) in [5, 5.41) is 14.5. The summed E-state index contributed by atoms with van der Waals surface area (Å²) < 4.78 is 10.3. The number of aromatic nitrogens is 2. The van der Waals surface area contributed by atoms with Crippen molar-refractivity contribution in [2.24, 2.45) is 0 Å². The summed E-state index contributed by atoms with van der Waals surface area (Å²) in [7, 11) is 1.56. The Labute approximate surface area is 114 Å². The number of anilines is 1. The standard InChI is InChI=1S/C12H14N4O4/c1-3-10(19-2)11-14-12(20-15-11)8-5-4-7(16(17)18)6-9(8)13/h4-6,10H,3,13H2,1-2H3. The predicted molar refractivity (Wildman–Crippen MR) is 70.8 cm³/mol. The van der Waals surface area contributed by atoms with Gasteiger partial charge in [0.1, 0.15) is 6.10 Å². The molecule has 2 rings (SSSR count). The molecular formula is C12H14N4O4. The van der Waals surface area contributed by atoms with Crippen LogP contribution in [0.3, 0.4) is 0 Å². The average Bonchev–Trinajstić information content (AvgIpc) is 2.89. The van der Waals surface area contributed by atoms with Crippen LogP contribution in [0.1, 0.15) is 25.3 Å². The minimum absolute atomic E-state index is 0.0886. The second-order valence-corrected chi connectivity index (χ2v) is 4.12. The molecule has 0 aliphatic carbocycles. The summed E-state index contributed by atoms with van der Waals surface area (Å²) in [6.07, 6.45) is 0.442. The van der Waals surface area contributed by atoms with Gasteiger partial charge in [0.25, 0.3) is 11.6 Å². The third-order valence-corrected chi connectivity index (χ3v) is 2.86. The number of nitro groups is 1. The largest absolute Gasteiger partial charge is 0.398 e. The zero-order chi connectivity index (χ0) is 14.7. The molecule has 2 aromatic rings. The Morgan fingerprint density at radius 1 is 1.55 bits per heavy atom. The molecular weight excluding hydrogens is 264 g/mol. The first kappa shape index (κ1) is 13.9. The highest BCUT2D eigenvalue weighted by Crippen LogP contribution is 2.29. The number of methoxy groups -OCH3 is 1. The summed E-state index contributed by atoms with van der Waals surface area (Å²) in [6.45, 7) is 1.93. The van der Waals surface area contributed by atoms with Gasteiger partial charge in [-0.05, 0) is 12.5 Å². The fourth-order valence-corrected chi connectivity index (χ4v) is 1.79. The van der Waals surface area contributed by atoms with E-state index in [0.717, 1.165) is 0 Å². The Kier molecular flexibility index (Phi) is 3.94. The molecule has 0 radical (unpaired) electrons. The molecule has 8 heteroatoms. The number of hydrogen-bond donors (Lipinski definition) is 1. The van der Waals surface area contributed by atoms with E-state index in [2.05, 4.69) is 10.1 Å². The first-order chi connectivity index (χ1) is 9.56. The summed E-state index contributed by atoms with van der Waals surface area (Å²) in [5.74, 6) is 0.630. The molecule has 0 spiro atoms. The molecule has 0 fully saturated rings. The van der Waals surface area contributed by atoms with Crippen LogP contribution in [0.25, 0.3) is 11.5 Å². The maximum absolute atomic E-state index is 10.7. The van der Waals surface area contributed by atoms with Crippen molar-refractivity contribution in [2.75, 3.05) is 12.8 Å². The van der Waals surface area contributed by atoms with E-state index in [1.165, 1.54) is 18.2 Å². The predicted octanol–water partition coefficient (Wildman–Crippen LogP) is 2.32. The van der Waals surface area contributed by atoms with Crippen molar-refractivity contribution in [1.82, 2.24) is 10.1 Å². The SMILES string of the molecule is CCC(OC)c1noc(-c2ccc([N+](=O)[O-])cc2N)n1. The van der Waals surface area contributed by atoms with Crippen LogP contribution in [-0.2, 0) is 4.74 Å². The molecule has 1 unspecified atom stereocenters. The number of hydrogen-bond acceptors (Lipinski definition) is 7. The quantitative estimate of drug-likeness (QED) is 0.506. The summed E-state index contributed by atoms with van der Waals surface area (Å²) in [4.78, 5) is 14.3. The molecule has 0 bridgehead atoms. The highest BCUT2D eigenvalue weighted by Gasteiger charge is 2.19. The molecule has 0 amide bonds. The molecule has 106 valence electrons. The zero-order valence-electron chi connectivity index (χ0n) is 11.1. The fourth-order valence-electron chi connectivity index (χ4n) is 1.79. The van der Waals surface area contributed by atoms with Crippen LogP contribution in [0.2, 0.25) is 0 Å². The van der Waals surface area contributed by atoms with E-state index in [4.69, 9.17) is 15.0 Å². The third-order valence-electron chi connectivity index (χ3n) is 2.86. The van der Waals surface area contributed by atoms with Gasteiger partial charge in [0.05, 0.1) is 16.2 Å². The van der Waals surface area contributed by atoms with Gasteiger partial charge in [0.2, 0.25) is 5.82 Å². The maximum atomic E-state index is 10.7. The molecule has 1 aromatic carbocycles. The lowest BCUT2D eigenvalue weighted by Gasteiger charge is -2.06. The van der Waals surface area contributed by atoms with Gasteiger partial charge in [-0.2, -0.15) is 4.98 Å². The van der Waals surface area contributed by atoms with Crippen molar-refractivity contribution in [2.45, 2.75) is 19.4 Å². The molecule has 0 saturated carbocycles. The second-order valence-electron chi connectivity index (χ2n) is 4.12. The Hall–Kier alpha value is -2.48. The lowest BCUT2D eigenvalue weighted by atomic mass is 10.1. The lowest BCUT2D eigenvalue weighted by molar-refractivity contribution is -0.384. The summed E-state index contributed by atoms with van der Waals surface area (Å²) in [5.41, 5.74) is 6.36. The van der Waals surface area contributed by atoms with E-state index in [1.807, 2.05) is 6.92 Å². The highest BCUT2D eigenvalue weighted by atomic mass is 16.6. The van der Waals surface area contributed by atoms with Gasteiger partial charge < -0.3 is 15.0 Å². The van der Waals surface area contributed by atoms with E-state index in [9.17, 15) is 10.1 Å². The minimum Gasteiger partial charge on any atom is -0.398 e. The van der Waals surface area contributed by atoms with E-state index < -0.39 is 4.92 Å². The minimum atomic E-state index is -0.516. The maximum Gasteiger partial charge on any atom is 0.271 e. The van der Waals surface area contributed by atoms with E-state index in [-0.39, 0.29) is 23.4 Å².